The quantitative estimate of drug-likeness (QED) is 0.295. The van der Waals surface area contributed by atoms with E-state index < -0.39 is 21.2 Å². The minimum absolute atomic E-state index is 0.159. The SMILES string of the molecule is O=C(CSc1nc2sccc2c(=O)n1-c1ccc(C2CC2)c2ccccc12)NS(=O)(=O)C1CC1. The van der Waals surface area contributed by atoms with Crippen LogP contribution in [0.5, 0.6) is 0 Å². The number of carbonyl (C=O) groups is 1. The fourth-order valence-electron chi connectivity index (χ4n) is 4.24. The fourth-order valence-corrected chi connectivity index (χ4v) is 7.25. The number of fused-ring (bicyclic) bond motifs is 2. The van der Waals surface area contributed by atoms with E-state index in [1.54, 1.807) is 10.6 Å². The van der Waals surface area contributed by atoms with Gasteiger partial charge in [-0.25, -0.2) is 13.4 Å². The summed E-state index contributed by atoms with van der Waals surface area (Å²) in [6.45, 7) is 0. The number of carbonyl (C=O) groups excluding carboxylic acids is 1. The number of nitrogens with zero attached hydrogens (tertiary/aromatic N) is 2. The molecule has 2 aromatic heterocycles. The molecule has 0 bridgehead atoms. The number of hydrogen-bond donors (Lipinski definition) is 1. The van der Waals surface area contributed by atoms with Gasteiger partial charge in [0.1, 0.15) is 4.83 Å². The van der Waals surface area contributed by atoms with Crippen molar-refractivity contribution in [1.82, 2.24) is 14.3 Å². The Morgan fingerprint density at radius 1 is 1.06 bits per heavy atom. The van der Waals surface area contributed by atoms with Crippen LogP contribution in [0.1, 0.15) is 37.2 Å². The van der Waals surface area contributed by atoms with Gasteiger partial charge in [-0.2, -0.15) is 0 Å². The first-order valence-corrected chi connectivity index (χ1v) is 14.5. The molecule has 10 heteroatoms. The predicted octanol–water partition coefficient (Wildman–Crippen LogP) is 4.18. The maximum Gasteiger partial charge on any atom is 0.267 e. The lowest BCUT2D eigenvalue weighted by Gasteiger charge is -2.16. The second-order valence-corrected chi connectivity index (χ2v) is 12.5. The molecule has 7 nitrogen and oxygen atoms in total. The number of amides is 1. The van der Waals surface area contributed by atoms with Gasteiger partial charge in [0.15, 0.2) is 5.16 Å². The van der Waals surface area contributed by atoms with Crippen molar-refractivity contribution >= 4 is 60.0 Å². The fraction of sp³-hybridized carbons (Fsp3) is 0.292. The van der Waals surface area contributed by atoms with E-state index in [-0.39, 0.29) is 11.3 Å². The van der Waals surface area contributed by atoms with Crippen LogP contribution in [0, 0.1) is 0 Å². The molecule has 2 aromatic carbocycles. The lowest BCUT2D eigenvalue weighted by atomic mass is 9.99. The van der Waals surface area contributed by atoms with Crippen molar-refractivity contribution in [3.8, 4) is 5.69 Å². The molecule has 2 aliphatic rings. The zero-order chi connectivity index (χ0) is 23.4. The van der Waals surface area contributed by atoms with E-state index in [2.05, 4.69) is 21.8 Å². The van der Waals surface area contributed by atoms with Gasteiger partial charge in [0.05, 0.1) is 22.1 Å². The lowest BCUT2D eigenvalue weighted by molar-refractivity contribution is -0.116. The molecule has 0 spiro atoms. The van der Waals surface area contributed by atoms with E-state index in [0.29, 0.717) is 39.8 Å². The highest BCUT2D eigenvalue weighted by Gasteiger charge is 2.36. The Kier molecular flexibility index (Phi) is 5.27. The first-order chi connectivity index (χ1) is 16.4. The molecule has 0 aliphatic heterocycles. The van der Waals surface area contributed by atoms with Gasteiger partial charge in [-0.3, -0.25) is 18.9 Å². The van der Waals surface area contributed by atoms with Gasteiger partial charge in [-0.05, 0) is 60.1 Å². The van der Waals surface area contributed by atoms with Crippen LogP contribution < -0.4 is 10.3 Å². The van der Waals surface area contributed by atoms with E-state index in [4.69, 9.17) is 0 Å². The molecule has 0 saturated heterocycles. The minimum atomic E-state index is -3.62. The average molecular weight is 512 g/mol. The van der Waals surface area contributed by atoms with Gasteiger partial charge in [-0.1, -0.05) is 42.1 Å². The van der Waals surface area contributed by atoms with Crippen LogP contribution in [0.3, 0.4) is 0 Å². The summed E-state index contributed by atoms with van der Waals surface area (Å²) in [6, 6.07) is 13.8. The molecule has 4 aromatic rings. The standard InChI is InChI=1S/C24H21N3O4S3/c28-21(26-34(30,31)15-7-8-15)13-33-24-25-22-19(11-12-32-22)23(29)27(24)20-10-9-16(14-5-6-14)17-3-1-2-4-18(17)20/h1-4,9-12,14-15H,5-8,13H2,(H,26,28). The molecule has 1 amide bonds. The molecular formula is C24H21N3O4S3. The van der Waals surface area contributed by atoms with Crippen LogP contribution in [0.15, 0.2) is 57.8 Å². The molecule has 0 atom stereocenters. The van der Waals surface area contributed by atoms with Crippen LogP contribution >= 0.6 is 23.1 Å². The van der Waals surface area contributed by atoms with Gasteiger partial charge in [-0.15, -0.1) is 11.3 Å². The van der Waals surface area contributed by atoms with Crippen molar-refractivity contribution in [2.24, 2.45) is 0 Å². The van der Waals surface area contributed by atoms with E-state index in [1.165, 1.54) is 29.7 Å². The summed E-state index contributed by atoms with van der Waals surface area (Å²) in [5.74, 6) is -0.218. The minimum Gasteiger partial charge on any atom is -0.273 e. The Hall–Kier alpha value is -2.69. The van der Waals surface area contributed by atoms with Crippen LogP contribution in [-0.2, 0) is 14.8 Å². The Balaban J connectivity index is 1.43. The average Bonchev–Trinajstić information content (AvgIpc) is 3.74. The van der Waals surface area contributed by atoms with Crippen molar-refractivity contribution in [2.75, 3.05) is 5.75 Å². The number of thiophene rings is 1. The first-order valence-electron chi connectivity index (χ1n) is 11.1. The highest BCUT2D eigenvalue weighted by molar-refractivity contribution is 8.00. The van der Waals surface area contributed by atoms with Crippen LogP contribution in [-0.4, -0.2) is 34.9 Å². The number of thioether (sulfide) groups is 1. The van der Waals surface area contributed by atoms with Crippen molar-refractivity contribution in [3.05, 3.63) is 63.8 Å². The summed E-state index contributed by atoms with van der Waals surface area (Å²) in [5, 5.41) is 4.29. The monoisotopic (exact) mass is 511 g/mol. The smallest absolute Gasteiger partial charge is 0.267 e. The van der Waals surface area contributed by atoms with Crippen molar-refractivity contribution in [3.63, 3.8) is 0 Å². The molecule has 2 fully saturated rings. The van der Waals surface area contributed by atoms with Gasteiger partial charge in [0.25, 0.3) is 5.56 Å². The van der Waals surface area contributed by atoms with E-state index in [9.17, 15) is 18.0 Å². The molecule has 0 radical (unpaired) electrons. The first kappa shape index (κ1) is 21.8. The van der Waals surface area contributed by atoms with Gasteiger partial charge >= 0.3 is 0 Å². The van der Waals surface area contributed by atoms with E-state index >= 15 is 0 Å². The molecular weight excluding hydrogens is 490 g/mol. The Morgan fingerprint density at radius 3 is 2.56 bits per heavy atom. The van der Waals surface area contributed by atoms with Crippen LogP contribution in [0.2, 0.25) is 0 Å². The van der Waals surface area contributed by atoms with Crippen LogP contribution in [0.4, 0.5) is 0 Å². The van der Waals surface area contributed by atoms with Crippen molar-refractivity contribution in [1.29, 1.82) is 0 Å². The Morgan fingerprint density at radius 2 is 1.82 bits per heavy atom. The number of benzene rings is 2. The third kappa shape index (κ3) is 3.93. The zero-order valence-corrected chi connectivity index (χ0v) is 20.5. The summed E-state index contributed by atoms with van der Waals surface area (Å²) in [6.07, 6.45) is 3.50. The number of nitrogens with one attached hydrogen (secondary N) is 1. The van der Waals surface area contributed by atoms with Gasteiger partial charge < -0.3 is 0 Å². The molecule has 0 unspecified atom stereocenters. The van der Waals surface area contributed by atoms with Crippen molar-refractivity contribution < 1.29 is 13.2 Å². The zero-order valence-electron chi connectivity index (χ0n) is 18.1. The third-order valence-corrected chi connectivity index (χ3v) is 9.82. The van der Waals surface area contributed by atoms with Crippen LogP contribution in [0.25, 0.3) is 26.7 Å². The maximum absolute atomic E-state index is 13.6. The highest BCUT2D eigenvalue weighted by Crippen LogP contribution is 2.44. The second-order valence-electron chi connectivity index (χ2n) is 8.73. The molecule has 1 N–H and O–H groups in total. The number of rotatable bonds is 7. The van der Waals surface area contributed by atoms with Crippen molar-refractivity contribution in [2.45, 2.75) is 42.0 Å². The highest BCUT2D eigenvalue weighted by atomic mass is 32.2. The number of sulfonamides is 1. The lowest BCUT2D eigenvalue weighted by Crippen LogP contribution is -2.34. The summed E-state index contributed by atoms with van der Waals surface area (Å²) >= 11 is 2.43. The van der Waals surface area contributed by atoms with Gasteiger partial charge in [0, 0.05) is 5.39 Å². The maximum atomic E-state index is 13.6. The number of hydrogen-bond acceptors (Lipinski definition) is 7. The predicted molar refractivity (Wildman–Crippen MR) is 136 cm³/mol. The van der Waals surface area contributed by atoms with E-state index in [0.717, 1.165) is 22.5 Å². The molecule has 2 saturated carbocycles. The molecule has 6 rings (SSSR count). The molecule has 2 heterocycles. The number of aromatic nitrogens is 2. The summed E-state index contributed by atoms with van der Waals surface area (Å²) in [4.78, 5) is 31.3. The Labute approximate surface area is 204 Å². The summed E-state index contributed by atoms with van der Waals surface area (Å²) < 4.78 is 28.0. The topological polar surface area (TPSA) is 98.1 Å². The summed E-state index contributed by atoms with van der Waals surface area (Å²) in [5.41, 5.74) is 1.79. The third-order valence-electron chi connectivity index (χ3n) is 6.21. The van der Waals surface area contributed by atoms with E-state index in [1.807, 2.05) is 29.6 Å². The second kappa shape index (κ2) is 8.21. The van der Waals surface area contributed by atoms with Gasteiger partial charge in [0.2, 0.25) is 15.9 Å². The Bertz CT molecular complexity index is 1620. The molecule has 174 valence electrons. The normalized spacial score (nSPS) is 16.2. The molecule has 34 heavy (non-hydrogen) atoms. The molecule has 2 aliphatic carbocycles. The summed E-state index contributed by atoms with van der Waals surface area (Å²) in [7, 11) is -3.62. The largest absolute Gasteiger partial charge is 0.273 e.